The molecule has 0 aromatic rings. The van der Waals surface area contributed by atoms with Crippen molar-refractivity contribution in [3.05, 3.63) is 0 Å². The van der Waals surface area contributed by atoms with Gasteiger partial charge in [-0.15, -0.1) is 0 Å². The van der Waals surface area contributed by atoms with Crippen LogP contribution in [0.5, 0.6) is 0 Å². The summed E-state index contributed by atoms with van der Waals surface area (Å²) in [7, 11) is 0. The van der Waals surface area contributed by atoms with E-state index in [1.807, 2.05) is 0 Å². The topological polar surface area (TPSA) is 46.2 Å². The average molecular weight is 195 g/mol. The van der Waals surface area contributed by atoms with Gasteiger partial charge in [0.1, 0.15) is 0 Å². The maximum absolute atomic E-state index is 11.5. The van der Waals surface area contributed by atoms with Crippen LogP contribution in [0.4, 0.5) is 0 Å². The van der Waals surface area contributed by atoms with Gasteiger partial charge >= 0.3 is 0 Å². The zero-order valence-electron chi connectivity index (χ0n) is 8.80. The second kappa shape index (κ2) is 3.07. The Hall–Kier alpha value is -0.860. The molecule has 2 rings (SSSR count). The highest BCUT2D eigenvalue weighted by atomic mass is 16.2. The Morgan fingerprint density at radius 1 is 1.36 bits per heavy atom. The maximum atomic E-state index is 11.5. The highest BCUT2D eigenvalue weighted by Gasteiger charge is 2.42. The average Bonchev–Trinajstić information content (AvgIpc) is 2.55. The smallest absolute Gasteiger partial charge is 0.230 e. The Bertz CT molecular complexity index is 283. The zero-order chi connectivity index (χ0) is 10.3. The lowest BCUT2D eigenvalue weighted by Crippen LogP contribution is -2.25. The lowest BCUT2D eigenvalue weighted by Gasteiger charge is -2.19. The number of hydrogen-bond acceptors (Lipinski definition) is 2. The summed E-state index contributed by atoms with van der Waals surface area (Å²) in [6.45, 7) is 4.48. The largest absolute Gasteiger partial charge is 0.296 e. The number of hydrogen-bond donors (Lipinski definition) is 1. The van der Waals surface area contributed by atoms with E-state index in [9.17, 15) is 9.59 Å². The summed E-state index contributed by atoms with van der Waals surface area (Å²) < 4.78 is 0. The van der Waals surface area contributed by atoms with E-state index >= 15 is 0 Å². The van der Waals surface area contributed by atoms with Crippen LogP contribution in [0.2, 0.25) is 0 Å². The van der Waals surface area contributed by atoms with Gasteiger partial charge in [0.05, 0.1) is 0 Å². The fraction of sp³-hybridized carbons (Fsp3) is 0.818. The van der Waals surface area contributed by atoms with Crippen molar-refractivity contribution in [2.75, 3.05) is 0 Å². The van der Waals surface area contributed by atoms with Crippen LogP contribution in [0, 0.1) is 17.3 Å². The monoisotopic (exact) mass is 195 g/mol. The van der Waals surface area contributed by atoms with Crippen LogP contribution >= 0.6 is 0 Å². The first kappa shape index (κ1) is 9.69. The van der Waals surface area contributed by atoms with Crippen LogP contribution in [0.25, 0.3) is 0 Å². The Balaban J connectivity index is 2.04. The standard InChI is InChI=1S/C11H17NO2/c1-11(2)4-3-7(6-11)8-5-9(13)12-10(8)14/h7-8H,3-6H2,1-2H3,(H,12,13,14). The van der Waals surface area contributed by atoms with Crippen LogP contribution in [-0.2, 0) is 9.59 Å². The summed E-state index contributed by atoms with van der Waals surface area (Å²) in [4.78, 5) is 22.5. The molecule has 0 radical (unpaired) electrons. The minimum atomic E-state index is -0.0929. The molecule has 3 heteroatoms. The predicted octanol–water partition coefficient (Wildman–Crippen LogP) is 1.48. The van der Waals surface area contributed by atoms with Gasteiger partial charge in [-0.2, -0.15) is 0 Å². The molecule has 1 aliphatic heterocycles. The minimum absolute atomic E-state index is 0.0377. The summed E-state index contributed by atoms with van der Waals surface area (Å²) in [6.07, 6.45) is 3.77. The zero-order valence-corrected chi connectivity index (χ0v) is 8.80. The SMILES string of the molecule is CC1(C)CCC(C2CC(=O)NC2=O)C1. The van der Waals surface area contributed by atoms with Crippen molar-refractivity contribution < 1.29 is 9.59 Å². The lowest BCUT2D eigenvalue weighted by atomic mass is 9.85. The van der Waals surface area contributed by atoms with E-state index in [1.165, 1.54) is 6.42 Å². The maximum Gasteiger partial charge on any atom is 0.230 e. The van der Waals surface area contributed by atoms with Gasteiger partial charge in [-0.05, 0) is 30.6 Å². The number of imide groups is 1. The Morgan fingerprint density at radius 2 is 2.07 bits per heavy atom. The highest BCUT2D eigenvalue weighted by molar-refractivity contribution is 6.03. The molecule has 0 bridgehead atoms. The molecule has 2 fully saturated rings. The molecular weight excluding hydrogens is 178 g/mol. The van der Waals surface area contributed by atoms with Gasteiger partial charge in [0, 0.05) is 12.3 Å². The predicted molar refractivity (Wildman–Crippen MR) is 52.4 cm³/mol. The molecule has 1 saturated heterocycles. The number of nitrogens with one attached hydrogen (secondary N) is 1. The number of carbonyl (C=O) groups is 2. The van der Waals surface area contributed by atoms with Gasteiger partial charge in [0.15, 0.2) is 0 Å². The summed E-state index contributed by atoms with van der Waals surface area (Å²) >= 11 is 0. The van der Waals surface area contributed by atoms with Crippen molar-refractivity contribution in [3.8, 4) is 0 Å². The second-order valence-corrected chi connectivity index (χ2v) is 5.39. The van der Waals surface area contributed by atoms with E-state index in [0.29, 0.717) is 17.8 Å². The van der Waals surface area contributed by atoms with Gasteiger partial charge in [0.25, 0.3) is 0 Å². The molecule has 0 spiro atoms. The molecule has 1 saturated carbocycles. The summed E-state index contributed by atoms with van der Waals surface area (Å²) in [5.74, 6) is 0.253. The number of rotatable bonds is 1. The second-order valence-electron chi connectivity index (χ2n) is 5.39. The van der Waals surface area contributed by atoms with Crippen LogP contribution in [0.15, 0.2) is 0 Å². The van der Waals surface area contributed by atoms with E-state index in [-0.39, 0.29) is 17.7 Å². The fourth-order valence-electron chi connectivity index (χ4n) is 2.79. The molecule has 2 atom stereocenters. The molecule has 2 aliphatic rings. The Labute approximate surface area is 84.2 Å². The quantitative estimate of drug-likeness (QED) is 0.644. The first-order valence-corrected chi connectivity index (χ1v) is 5.32. The van der Waals surface area contributed by atoms with Gasteiger partial charge in [0.2, 0.25) is 11.8 Å². The van der Waals surface area contributed by atoms with E-state index in [1.54, 1.807) is 0 Å². The van der Waals surface area contributed by atoms with Crippen LogP contribution in [-0.4, -0.2) is 11.8 Å². The van der Waals surface area contributed by atoms with Crippen molar-refractivity contribution in [3.63, 3.8) is 0 Å². The van der Waals surface area contributed by atoms with Crippen molar-refractivity contribution >= 4 is 11.8 Å². The molecule has 2 unspecified atom stereocenters. The third kappa shape index (κ3) is 1.68. The Kier molecular flexibility index (Phi) is 2.13. The van der Waals surface area contributed by atoms with Crippen molar-refractivity contribution in [1.82, 2.24) is 5.32 Å². The van der Waals surface area contributed by atoms with Crippen molar-refractivity contribution in [2.24, 2.45) is 17.3 Å². The third-order valence-electron chi connectivity index (χ3n) is 3.58. The number of carbonyl (C=O) groups excluding carboxylic acids is 2. The highest BCUT2D eigenvalue weighted by Crippen LogP contribution is 2.45. The lowest BCUT2D eigenvalue weighted by molar-refractivity contribution is -0.126. The molecule has 1 N–H and O–H groups in total. The van der Waals surface area contributed by atoms with Crippen LogP contribution < -0.4 is 5.32 Å². The van der Waals surface area contributed by atoms with Crippen molar-refractivity contribution in [2.45, 2.75) is 39.5 Å². The molecule has 0 aromatic carbocycles. The normalized spacial score (nSPS) is 36.1. The summed E-state index contributed by atoms with van der Waals surface area (Å²) in [5.41, 5.74) is 0.358. The summed E-state index contributed by atoms with van der Waals surface area (Å²) in [5, 5.41) is 2.39. The van der Waals surface area contributed by atoms with Gasteiger partial charge in [-0.1, -0.05) is 13.8 Å². The molecular formula is C11H17NO2. The first-order chi connectivity index (χ1) is 6.48. The molecule has 1 heterocycles. The van der Waals surface area contributed by atoms with Gasteiger partial charge < -0.3 is 0 Å². The van der Waals surface area contributed by atoms with Crippen LogP contribution in [0.1, 0.15) is 39.5 Å². The third-order valence-corrected chi connectivity index (χ3v) is 3.58. The molecule has 2 amide bonds. The van der Waals surface area contributed by atoms with E-state index in [4.69, 9.17) is 0 Å². The van der Waals surface area contributed by atoms with Gasteiger partial charge in [-0.25, -0.2) is 0 Å². The molecule has 0 aromatic heterocycles. The summed E-state index contributed by atoms with van der Waals surface area (Å²) in [6, 6.07) is 0. The van der Waals surface area contributed by atoms with E-state index in [0.717, 1.165) is 12.8 Å². The minimum Gasteiger partial charge on any atom is -0.296 e. The Morgan fingerprint density at radius 3 is 2.50 bits per heavy atom. The van der Waals surface area contributed by atoms with E-state index < -0.39 is 0 Å². The van der Waals surface area contributed by atoms with Crippen LogP contribution in [0.3, 0.4) is 0 Å². The molecule has 78 valence electrons. The van der Waals surface area contributed by atoms with E-state index in [2.05, 4.69) is 19.2 Å². The molecule has 1 aliphatic carbocycles. The molecule has 3 nitrogen and oxygen atoms in total. The fourth-order valence-corrected chi connectivity index (χ4v) is 2.79. The molecule has 14 heavy (non-hydrogen) atoms. The number of amides is 2. The van der Waals surface area contributed by atoms with Gasteiger partial charge in [-0.3, -0.25) is 14.9 Å². The first-order valence-electron chi connectivity index (χ1n) is 5.32. The van der Waals surface area contributed by atoms with Crippen molar-refractivity contribution in [1.29, 1.82) is 0 Å².